The number of hydrogen-bond acceptors (Lipinski definition) is 5. The Balaban J connectivity index is 1.69. The molecule has 0 bridgehead atoms. The van der Waals surface area contributed by atoms with Crippen molar-refractivity contribution >= 4 is 52.0 Å². The molecule has 2 aliphatic rings. The molecule has 1 aromatic heterocycles. The number of nitrogens with one attached hydrogen (secondary N) is 1. The van der Waals surface area contributed by atoms with Crippen LogP contribution in [-0.2, 0) is 25.7 Å². The molecule has 2 aliphatic heterocycles. The Morgan fingerprint density at radius 3 is 2.72 bits per heavy atom. The number of amides is 3. The predicted octanol–water partition coefficient (Wildman–Crippen LogP) is 0.757. The lowest BCUT2D eigenvalue weighted by molar-refractivity contribution is -0.135. The van der Waals surface area contributed by atoms with Crippen LogP contribution in [0.25, 0.3) is 17.0 Å². The molecule has 0 aliphatic carbocycles. The van der Waals surface area contributed by atoms with E-state index < -0.39 is 11.8 Å². The topological polar surface area (TPSA) is 83.9 Å². The number of carbonyl (C=O) groups excluding carboxylic acids is 3. The second kappa shape index (κ2) is 7.76. The molecule has 1 N–H and O–H groups in total. The molecule has 8 nitrogen and oxygen atoms in total. The van der Waals surface area contributed by atoms with Gasteiger partial charge in [0.1, 0.15) is 12.1 Å². The van der Waals surface area contributed by atoms with Crippen LogP contribution in [0.2, 0.25) is 0 Å². The predicted molar refractivity (Wildman–Crippen MR) is 111 cm³/mol. The van der Waals surface area contributed by atoms with Crippen molar-refractivity contribution in [3.8, 4) is 0 Å². The fourth-order valence-corrected chi connectivity index (χ4v) is 3.66. The number of carbonyl (C=O) groups is 3. The van der Waals surface area contributed by atoms with Gasteiger partial charge in [0.2, 0.25) is 5.91 Å². The maximum atomic E-state index is 12.7. The number of para-hydroxylation sites is 1. The van der Waals surface area contributed by atoms with Gasteiger partial charge >= 0.3 is 0 Å². The molecule has 1 aromatic carbocycles. The summed E-state index contributed by atoms with van der Waals surface area (Å²) < 4.78 is 7.15. The highest BCUT2D eigenvalue weighted by Gasteiger charge is 2.31. The summed E-state index contributed by atoms with van der Waals surface area (Å²) in [4.78, 5) is 40.5. The molecule has 2 aromatic rings. The van der Waals surface area contributed by atoms with E-state index in [-0.39, 0.29) is 23.1 Å². The second-order valence-electron chi connectivity index (χ2n) is 6.90. The minimum atomic E-state index is -0.528. The number of hydrogen-bond donors (Lipinski definition) is 1. The molecule has 0 radical (unpaired) electrons. The Morgan fingerprint density at radius 2 is 1.97 bits per heavy atom. The van der Waals surface area contributed by atoms with Crippen LogP contribution in [0.3, 0.4) is 0 Å². The highest BCUT2D eigenvalue weighted by atomic mass is 32.1. The maximum absolute atomic E-state index is 12.7. The molecule has 2 fully saturated rings. The van der Waals surface area contributed by atoms with E-state index in [2.05, 4.69) is 5.32 Å². The maximum Gasteiger partial charge on any atom is 0.265 e. The third-order valence-corrected chi connectivity index (χ3v) is 5.47. The highest BCUT2D eigenvalue weighted by molar-refractivity contribution is 7.80. The van der Waals surface area contributed by atoms with Gasteiger partial charge in [-0.3, -0.25) is 24.6 Å². The summed E-state index contributed by atoms with van der Waals surface area (Å²) in [5, 5.41) is 3.44. The van der Waals surface area contributed by atoms with Crippen LogP contribution < -0.4 is 5.32 Å². The Bertz CT molecular complexity index is 1050. The first kappa shape index (κ1) is 19.3. The van der Waals surface area contributed by atoms with Crippen LogP contribution in [0.1, 0.15) is 5.56 Å². The molecule has 4 rings (SSSR count). The molecular weight excluding hydrogens is 392 g/mol. The Labute approximate surface area is 172 Å². The zero-order valence-corrected chi connectivity index (χ0v) is 16.7. The number of nitrogens with zero attached hydrogens (tertiary/aromatic N) is 3. The van der Waals surface area contributed by atoms with Crippen molar-refractivity contribution in [1.29, 1.82) is 0 Å². The SMILES string of the molecule is CN1C(=O)C(=Cc2cn(CC(=O)N3CCOCC3)c3ccccc23)C(=O)NC1=S. The number of fused-ring (bicyclic) bond motifs is 1. The number of likely N-dealkylation sites (N-methyl/N-ethyl adjacent to an activating group) is 1. The summed E-state index contributed by atoms with van der Waals surface area (Å²) in [5.41, 5.74) is 1.55. The minimum absolute atomic E-state index is 0.00325. The molecule has 3 heterocycles. The number of morpholine rings is 1. The summed E-state index contributed by atoms with van der Waals surface area (Å²) in [6.45, 7) is 2.42. The molecule has 0 spiro atoms. The molecule has 2 saturated heterocycles. The molecule has 0 saturated carbocycles. The Morgan fingerprint density at radius 1 is 1.24 bits per heavy atom. The van der Waals surface area contributed by atoms with Gasteiger partial charge in [-0.15, -0.1) is 0 Å². The van der Waals surface area contributed by atoms with Gasteiger partial charge in [-0.1, -0.05) is 18.2 Å². The number of aromatic nitrogens is 1. The van der Waals surface area contributed by atoms with Crippen molar-refractivity contribution < 1.29 is 19.1 Å². The van der Waals surface area contributed by atoms with E-state index in [1.54, 1.807) is 17.2 Å². The van der Waals surface area contributed by atoms with Gasteiger partial charge in [-0.2, -0.15) is 0 Å². The number of ether oxygens (including phenoxy) is 1. The smallest absolute Gasteiger partial charge is 0.265 e. The monoisotopic (exact) mass is 412 g/mol. The van der Waals surface area contributed by atoms with Crippen molar-refractivity contribution in [2.75, 3.05) is 33.4 Å². The van der Waals surface area contributed by atoms with Crippen LogP contribution in [0.15, 0.2) is 36.0 Å². The first-order valence-electron chi connectivity index (χ1n) is 9.24. The summed E-state index contributed by atoms with van der Waals surface area (Å²) in [6.07, 6.45) is 3.34. The molecule has 9 heteroatoms. The third kappa shape index (κ3) is 3.66. The lowest BCUT2D eigenvalue weighted by Gasteiger charge is -2.27. The van der Waals surface area contributed by atoms with E-state index in [4.69, 9.17) is 17.0 Å². The lowest BCUT2D eigenvalue weighted by Crippen LogP contribution is -2.52. The quantitative estimate of drug-likeness (QED) is 0.457. The first-order valence-corrected chi connectivity index (χ1v) is 9.65. The van der Waals surface area contributed by atoms with E-state index in [1.807, 2.05) is 28.8 Å². The molecule has 0 unspecified atom stereocenters. The zero-order chi connectivity index (χ0) is 20.5. The molecule has 150 valence electrons. The van der Waals surface area contributed by atoms with Gasteiger partial charge in [0.25, 0.3) is 11.8 Å². The van der Waals surface area contributed by atoms with E-state index in [0.29, 0.717) is 31.9 Å². The van der Waals surface area contributed by atoms with Crippen LogP contribution in [-0.4, -0.2) is 70.6 Å². The van der Waals surface area contributed by atoms with Crippen LogP contribution >= 0.6 is 12.2 Å². The van der Waals surface area contributed by atoms with Crippen molar-refractivity contribution in [3.05, 3.63) is 41.6 Å². The van der Waals surface area contributed by atoms with Crippen molar-refractivity contribution in [2.24, 2.45) is 0 Å². The van der Waals surface area contributed by atoms with Crippen molar-refractivity contribution in [3.63, 3.8) is 0 Å². The van der Waals surface area contributed by atoms with Gasteiger partial charge in [0, 0.05) is 42.8 Å². The fraction of sp³-hybridized carbons (Fsp3) is 0.300. The van der Waals surface area contributed by atoms with Gasteiger partial charge < -0.3 is 14.2 Å². The molecule has 29 heavy (non-hydrogen) atoms. The van der Waals surface area contributed by atoms with Gasteiger partial charge in [-0.25, -0.2) is 0 Å². The first-order chi connectivity index (χ1) is 14.0. The molecule has 3 amide bonds. The van der Waals surface area contributed by atoms with Crippen molar-refractivity contribution in [2.45, 2.75) is 6.54 Å². The van der Waals surface area contributed by atoms with Crippen LogP contribution in [0.4, 0.5) is 0 Å². The van der Waals surface area contributed by atoms with E-state index in [0.717, 1.165) is 10.9 Å². The highest BCUT2D eigenvalue weighted by Crippen LogP contribution is 2.25. The second-order valence-corrected chi connectivity index (χ2v) is 7.29. The lowest BCUT2D eigenvalue weighted by atomic mass is 10.1. The normalized spacial score (nSPS) is 19.2. The number of thiocarbonyl (C=S) groups is 1. The summed E-state index contributed by atoms with van der Waals surface area (Å²) in [5.74, 6) is -0.982. The number of rotatable bonds is 3. The van der Waals surface area contributed by atoms with E-state index >= 15 is 0 Å². The van der Waals surface area contributed by atoms with Gasteiger partial charge in [-0.05, 0) is 24.4 Å². The fourth-order valence-electron chi connectivity index (χ4n) is 3.48. The van der Waals surface area contributed by atoms with Crippen LogP contribution in [0.5, 0.6) is 0 Å². The average molecular weight is 412 g/mol. The number of benzene rings is 1. The standard InChI is InChI=1S/C20H20N4O4S/c1-22-19(27)15(18(26)21-20(22)29)10-13-11-24(16-5-3-2-4-14(13)16)12-17(25)23-6-8-28-9-7-23/h2-5,10-11H,6-9,12H2,1H3,(H,21,26,29). The molecular formula is C20H20N4O4S. The van der Waals surface area contributed by atoms with E-state index in [1.165, 1.54) is 11.9 Å². The average Bonchev–Trinajstić information content (AvgIpc) is 3.07. The third-order valence-electron chi connectivity index (χ3n) is 5.09. The van der Waals surface area contributed by atoms with Gasteiger partial charge in [0.05, 0.1) is 13.2 Å². The Hall–Kier alpha value is -3.04. The van der Waals surface area contributed by atoms with E-state index in [9.17, 15) is 14.4 Å². The zero-order valence-electron chi connectivity index (χ0n) is 15.9. The summed E-state index contributed by atoms with van der Waals surface area (Å²) in [6, 6.07) is 7.58. The molecule has 0 atom stereocenters. The van der Waals surface area contributed by atoms with Gasteiger partial charge in [0.15, 0.2) is 5.11 Å². The summed E-state index contributed by atoms with van der Waals surface area (Å²) in [7, 11) is 1.52. The van der Waals surface area contributed by atoms with Crippen LogP contribution in [0, 0.1) is 0 Å². The summed E-state index contributed by atoms with van der Waals surface area (Å²) >= 11 is 4.98. The Kier molecular flexibility index (Phi) is 5.16. The van der Waals surface area contributed by atoms with Crippen molar-refractivity contribution in [1.82, 2.24) is 19.7 Å². The largest absolute Gasteiger partial charge is 0.378 e. The minimum Gasteiger partial charge on any atom is -0.378 e.